The zero-order chi connectivity index (χ0) is 13.6. The van der Waals surface area contributed by atoms with E-state index in [4.69, 9.17) is 0 Å². The van der Waals surface area contributed by atoms with Crippen LogP contribution in [0.4, 0.5) is 0 Å². The maximum atomic E-state index is 12.6. The summed E-state index contributed by atoms with van der Waals surface area (Å²) in [4.78, 5) is 14.7. The molecule has 1 heterocycles. The van der Waals surface area contributed by atoms with Gasteiger partial charge in [-0.2, -0.15) is 0 Å². The smallest absolute Gasteiger partial charge is 0.243 e. The zero-order valence-electron chi connectivity index (χ0n) is 12.5. The van der Waals surface area contributed by atoms with Gasteiger partial charge in [0, 0.05) is 6.54 Å². The number of nitrogens with one attached hydrogen (secondary N) is 1. The van der Waals surface area contributed by atoms with E-state index in [0.29, 0.717) is 17.2 Å². The predicted molar refractivity (Wildman–Crippen MR) is 74.1 cm³/mol. The van der Waals surface area contributed by atoms with Gasteiger partial charge in [0.15, 0.2) is 0 Å². The molecule has 0 spiro atoms. The maximum Gasteiger partial charge on any atom is 0.243 e. The molecule has 0 aromatic carbocycles. The van der Waals surface area contributed by atoms with Gasteiger partial charge >= 0.3 is 0 Å². The Morgan fingerprint density at radius 3 is 2.39 bits per heavy atom. The maximum absolute atomic E-state index is 12.6. The molecule has 3 heteroatoms. The first-order valence-corrected chi connectivity index (χ1v) is 7.43. The van der Waals surface area contributed by atoms with Gasteiger partial charge in [0.25, 0.3) is 0 Å². The summed E-state index contributed by atoms with van der Waals surface area (Å²) < 4.78 is 0. The molecule has 0 aromatic heterocycles. The lowest BCUT2D eigenvalue weighted by Gasteiger charge is -2.24. The van der Waals surface area contributed by atoms with Crippen molar-refractivity contribution in [1.29, 1.82) is 0 Å². The Bertz CT molecular complexity index is 339. The molecule has 1 saturated carbocycles. The van der Waals surface area contributed by atoms with Gasteiger partial charge in [0.1, 0.15) is 0 Å². The summed E-state index contributed by atoms with van der Waals surface area (Å²) in [5.74, 6) is 1.01. The van der Waals surface area contributed by atoms with Crippen molar-refractivity contribution >= 4 is 5.91 Å². The Balaban J connectivity index is 2.07. The molecule has 1 aliphatic heterocycles. The van der Waals surface area contributed by atoms with Crippen molar-refractivity contribution in [1.82, 2.24) is 10.2 Å². The van der Waals surface area contributed by atoms with Crippen LogP contribution in [0.5, 0.6) is 0 Å². The molecular weight excluding hydrogens is 224 g/mol. The molecule has 2 aliphatic rings. The van der Waals surface area contributed by atoms with Crippen LogP contribution in [0.3, 0.4) is 0 Å². The zero-order valence-corrected chi connectivity index (χ0v) is 12.5. The number of hydrogen-bond donors (Lipinski definition) is 1. The molecule has 3 atom stereocenters. The van der Waals surface area contributed by atoms with Crippen molar-refractivity contribution in [2.45, 2.75) is 72.0 Å². The van der Waals surface area contributed by atoms with Gasteiger partial charge in [-0.05, 0) is 37.5 Å². The second kappa shape index (κ2) is 4.52. The summed E-state index contributed by atoms with van der Waals surface area (Å²) in [7, 11) is 0. The average Bonchev–Trinajstić information content (AvgIpc) is 2.84. The lowest BCUT2D eigenvalue weighted by Crippen LogP contribution is -2.43. The molecule has 3 unspecified atom stereocenters. The van der Waals surface area contributed by atoms with Gasteiger partial charge in [0.05, 0.1) is 11.7 Å². The van der Waals surface area contributed by atoms with Crippen LogP contribution in [0.1, 0.15) is 60.3 Å². The van der Waals surface area contributed by atoms with E-state index < -0.39 is 0 Å². The Morgan fingerprint density at radius 2 is 1.94 bits per heavy atom. The molecule has 0 aromatic rings. The van der Waals surface area contributed by atoms with Crippen LogP contribution in [0.15, 0.2) is 0 Å². The van der Waals surface area contributed by atoms with E-state index in [-0.39, 0.29) is 11.7 Å². The van der Waals surface area contributed by atoms with Gasteiger partial charge in [-0.1, -0.05) is 34.1 Å². The SMILES string of the molecule is CCCC1NC(C)(CC)C(=O)N1CC1CC1(C)C. The minimum Gasteiger partial charge on any atom is -0.325 e. The predicted octanol–water partition coefficient (Wildman–Crippen LogP) is 2.76. The molecule has 2 fully saturated rings. The van der Waals surface area contributed by atoms with E-state index in [1.807, 2.05) is 0 Å². The number of rotatable bonds is 5. The van der Waals surface area contributed by atoms with Crippen molar-refractivity contribution in [3.05, 3.63) is 0 Å². The standard InChI is InChI=1S/C15H28N2O/c1-6-8-12-16-15(5,7-2)13(18)17(12)10-11-9-14(11,3)4/h11-12,16H,6-10H2,1-5H3. The van der Waals surface area contributed by atoms with Gasteiger partial charge < -0.3 is 4.90 Å². The molecular formula is C15H28N2O. The molecule has 2 rings (SSSR count). The van der Waals surface area contributed by atoms with Crippen molar-refractivity contribution in [2.75, 3.05) is 6.54 Å². The van der Waals surface area contributed by atoms with Gasteiger partial charge in [0.2, 0.25) is 5.91 Å². The van der Waals surface area contributed by atoms with Crippen molar-refractivity contribution < 1.29 is 4.79 Å². The number of nitrogens with zero attached hydrogens (tertiary/aromatic N) is 1. The van der Waals surface area contributed by atoms with E-state index in [1.54, 1.807) is 0 Å². The quantitative estimate of drug-likeness (QED) is 0.816. The first-order chi connectivity index (χ1) is 8.34. The van der Waals surface area contributed by atoms with Crippen LogP contribution in [-0.2, 0) is 4.79 Å². The van der Waals surface area contributed by atoms with E-state index in [2.05, 4.69) is 44.8 Å². The minimum absolute atomic E-state index is 0.254. The molecule has 1 saturated heterocycles. The van der Waals surface area contributed by atoms with Crippen LogP contribution in [0.25, 0.3) is 0 Å². The highest BCUT2D eigenvalue weighted by molar-refractivity contribution is 5.88. The van der Waals surface area contributed by atoms with Crippen LogP contribution < -0.4 is 5.32 Å². The summed E-state index contributed by atoms with van der Waals surface area (Å²) >= 11 is 0. The van der Waals surface area contributed by atoms with E-state index in [0.717, 1.165) is 25.8 Å². The second-order valence-corrected chi connectivity index (χ2v) is 6.98. The first kappa shape index (κ1) is 13.9. The van der Waals surface area contributed by atoms with Crippen molar-refractivity contribution in [3.8, 4) is 0 Å². The Kier molecular flexibility index (Phi) is 3.48. The molecule has 1 N–H and O–H groups in total. The topological polar surface area (TPSA) is 32.3 Å². The van der Waals surface area contributed by atoms with Crippen molar-refractivity contribution in [3.63, 3.8) is 0 Å². The lowest BCUT2D eigenvalue weighted by molar-refractivity contribution is -0.133. The highest BCUT2D eigenvalue weighted by Gasteiger charge is 2.52. The molecule has 0 radical (unpaired) electrons. The third kappa shape index (κ3) is 2.29. The van der Waals surface area contributed by atoms with Crippen LogP contribution >= 0.6 is 0 Å². The third-order valence-electron chi connectivity index (χ3n) is 5.00. The summed E-state index contributed by atoms with van der Waals surface area (Å²) in [5, 5.41) is 3.55. The monoisotopic (exact) mass is 252 g/mol. The Hall–Kier alpha value is -0.570. The van der Waals surface area contributed by atoms with Gasteiger partial charge in [-0.15, -0.1) is 0 Å². The average molecular weight is 252 g/mol. The normalized spacial score (nSPS) is 38.3. The summed E-state index contributed by atoms with van der Waals surface area (Å²) in [6.07, 6.45) is 4.57. The molecule has 104 valence electrons. The first-order valence-electron chi connectivity index (χ1n) is 7.43. The van der Waals surface area contributed by atoms with Gasteiger partial charge in [-0.3, -0.25) is 10.1 Å². The third-order valence-corrected chi connectivity index (χ3v) is 5.00. The van der Waals surface area contributed by atoms with E-state index in [1.165, 1.54) is 6.42 Å². The molecule has 3 nitrogen and oxygen atoms in total. The Labute approximate surface area is 111 Å². The fraction of sp³-hybridized carbons (Fsp3) is 0.933. The summed E-state index contributed by atoms with van der Waals surface area (Å²) in [5.41, 5.74) is 0.112. The van der Waals surface area contributed by atoms with E-state index in [9.17, 15) is 4.79 Å². The molecule has 0 bridgehead atoms. The molecule has 18 heavy (non-hydrogen) atoms. The number of amides is 1. The number of carbonyl (C=O) groups is 1. The lowest BCUT2D eigenvalue weighted by atomic mass is 9.99. The fourth-order valence-electron chi connectivity index (χ4n) is 3.06. The second-order valence-electron chi connectivity index (χ2n) is 6.98. The fourth-order valence-corrected chi connectivity index (χ4v) is 3.06. The number of hydrogen-bond acceptors (Lipinski definition) is 2. The van der Waals surface area contributed by atoms with Crippen molar-refractivity contribution in [2.24, 2.45) is 11.3 Å². The van der Waals surface area contributed by atoms with Crippen LogP contribution in [0.2, 0.25) is 0 Å². The molecule has 1 amide bonds. The Morgan fingerprint density at radius 1 is 1.33 bits per heavy atom. The van der Waals surface area contributed by atoms with E-state index >= 15 is 0 Å². The summed E-state index contributed by atoms with van der Waals surface area (Å²) in [6.45, 7) is 11.9. The van der Waals surface area contributed by atoms with Crippen LogP contribution in [-0.4, -0.2) is 29.1 Å². The van der Waals surface area contributed by atoms with Crippen LogP contribution in [0, 0.1) is 11.3 Å². The highest BCUT2D eigenvalue weighted by atomic mass is 16.2. The minimum atomic E-state index is -0.334. The molecule has 1 aliphatic carbocycles. The highest BCUT2D eigenvalue weighted by Crippen LogP contribution is 2.52. The summed E-state index contributed by atoms with van der Waals surface area (Å²) in [6, 6.07) is 0. The largest absolute Gasteiger partial charge is 0.325 e. The number of carbonyl (C=O) groups excluding carboxylic acids is 1. The van der Waals surface area contributed by atoms with Gasteiger partial charge in [-0.25, -0.2) is 0 Å².